The third-order valence-corrected chi connectivity index (χ3v) is 4.48. The Kier molecular flexibility index (Phi) is 5.52. The number of H-pyrrole nitrogens is 2. The highest BCUT2D eigenvalue weighted by Crippen LogP contribution is 2.24. The number of aromatic amines is 2. The van der Waals surface area contributed by atoms with Crippen LogP contribution in [0.2, 0.25) is 0 Å². The summed E-state index contributed by atoms with van der Waals surface area (Å²) >= 11 is 0. The SMILES string of the molecule is CC(C)(C)c1cc(OC(=O)c2ccc(C(=O)Oc3cc(C(C)(C)C)[nH]n3)cc2)n[nH]1. The van der Waals surface area contributed by atoms with E-state index >= 15 is 0 Å². The van der Waals surface area contributed by atoms with Crippen LogP contribution in [-0.4, -0.2) is 32.3 Å². The molecule has 0 aliphatic rings. The molecular weight excluding hydrogens is 384 g/mol. The molecule has 0 saturated carbocycles. The molecule has 3 rings (SSSR count). The van der Waals surface area contributed by atoms with Gasteiger partial charge in [-0.15, -0.1) is 10.2 Å². The lowest BCUT2D eigenvalue weighted by Crippen LogP contribution is -2.12. The minimum atomic E-state index is -0.566. The van der Waals surface area contributed by atoms with Crippen molar-refractivity contribution < 1.29 is 19.1 Å². The first-order valence-corrected chi connectivity index (χ1v) is 9.60. The van der Waals surface area contributed by atoms with Crippen molar-refractivity contribution in [3.8, 4) is 11.8 Å². The van der Waals surface area contributed by atoms with Gasteiger partial charge in [0.15, 0.2) is 0 Å². The molecule has 0 atom stereocenters. The predicted molar refractivity (Wildman–Crippen MR) is 111 cm³/mol. The van der Waals surface area contributed by atoms with Gasteiger partial charge in [0.1, 0.15) is 0 Å². The third kappa shape index (κ3) is 4.94. The van der Waals surface area contributed by atoms with Crippen molar-refractivity contribution in [1.29, 1.82) is 0 Å². The Hall–Kier alpha value is -3.42. The highest BCUT2D eigenvalue weighted by atomic mass is 16.5. The molecule has 0 fully saturated rings. The maximum Gasteiger partial charge on any atom is 0.344 e. The maximum absolute atomic E-state index is 12.3. The number of nitrogens with one attached hydrogen (secondary N) is 2. The van der Waals surface area contributed by atoms with Crippen LogP contribution in [0.5, 0.6) is 11.8 Å². The minimum Gasteiger partial charge on any atom is -0.402 e. The fourth-order valence-electron chi connectivity index (χ4n) is 2.53. The number of aromatic nitrogens is 4. The largest absolute Gasteiger partial charge is 0.402 e. The number of ether oxygens (including phenoxy) is 2. The number of rotatable bonds is 4. The molecule has 0 saturated heterocycles. The molecule has 0 unspecified atom stereocenters. The van der Waals surface area contributed by atoms with E-state index in [4.69, 9.17) is 9.47 Å². The van der Waals surface area contributed by atoms with Crippen LogP contribution in [0.4, 0.5) is 0 Å². The van der Waals surface area contributed by atoms with Crippen LogP contribution >= 0.6 is 0 Å². The summed E-state index contributed by atoms with van der Waals surface area (Å²) in [5.41, 5.74) is 2.03. The van der Waals surface area contributed by atoms with E-state index < -0.39 is 11.9 Å². The molecule has 2 heterocycles. The Balaban J connectivity index is 1.64. The quantitative estimate of drug-likeness (QED) is 0.625. The topological polar surface area (TPSA) is 110 Å². The summed E-state index contributed by atoms with van der Waals surface area (Å²) in [6.07, 6.45) is 0. The lowest BCUT2D eigenvalue weighted by Gasteiger charge is -2.14. The Morgan fingerprint density at radius 3 is 1.30 bits per heavy atom. The van der Waals surface area contributed by atoms with Gasteiger partial charge < -0.3 is 9.47 Å². The van der Waals surface area contributed by atoms with E-state index in [-0.39, 0.29) is 22.6 Å². The van der Waals surface area contributed by atoms with Gasteiger partial charge in [-0.1, -0.05) is 41.5 Å². The van der Waals surface area contributed by atoms with Crippen LogP contribution in [0, 0.1) is 0 Å². The van der Waals surface area contributed by atoms with Gasteiger partial charge in [0, 0.05) is 34.4 Å². The molecule has 0 spiro atoms. The molecule has 0 radical (unpaired) electrons. The molecule has 0 bridgehead atoms. The highest BCUT2D eigenvalue weighted by Gasteiger charge is 2.20. The van der Waals surface area contributed by atoms with Gasteiger partial charge in [-0.05, 0) is 24.3 Å². The van der Waals surface area contributed by atoms with E-state index in [1.165, 1.54) is 24.3 Å². The van der Waals surface area contributed by atoms with E-state index in [0.717, 1.165) is 11.4 Å². The van der Waals surface area contributed by atoms with Crippen molar-refractivity contribution in [2.24, 2.45) is 0 Å². The van der Waals surface area contributed by atoms with Crippen LogP contribution in [0.15, 0.2) is 36.4 Å². The van der Waals surface area contributed by atoms with Crippen LogP contribution in [0.3, 0.4) is 0 Å². The molecule has 0 aliphatic heterocycles. The summed E-state index contributed by atoms with van der Waals surface area (Å²) in [5.74, 6) is -0.740. The average molecular weight is 410 g/mol. The Morgan fingerprint density at radius 2 is 1.03 bits per heavy atom. The highest BCUT2D eigenvalue weighted by molar-refractivity contribution is 5.94. The third-order valence-electron chi connectivity index (χ3n) is 4.48. The summed E-state index contributed by atoms with van der Waals surface area (Å²) in [6, 6.07) is 9.39. The van der Waals surface area contributed by atoms with E-state index in [1.54, 1.807) is 12.1 Å². The van der Waals surface area contributed by atoms with Crippen molar-refractivity contribution in [2.45, 2.75) is 52.4 Å². The van der Waals surface area contributed by atoms with Gasteiger partial charge >= 0.3 is 11.9 Å². The second-order valence-electron chi connectivity index (χ2n) is 9.10. The zero-order valence-corrected chi connectivity index (χ0v) is 18.0. The van der Waals surface area contributed by atoms with Crippen LogP contribution in [0.1, 0.15) is 73.6 Å². The predicted octanol–water partition coefficient (Wildman–Crippen LogP) is 4.17. The fourth-order valence-corrected chi connectivity index (χ4v) is 2.53. The molecule has 3 aromatic rings. The number of esters is 2. The van der Waals surface area contributed by atoms with Gasteiger partial charge in [-0.25, -0.2) is 9.59 Å². The van der Waals surface area contributed by atoms with Crippen molar-refractivity contribution in [3.63, 3.8) is 0 Å². The molecule has 0 aliphatic carbocycles. The zero-order valence-electron chi connectivity index (χ0n) is 18.0. The summed E-state index contributed by atoms with van der Waals surface area (Å²) in [7, 11) is 0. The summed E-state index contributed by atoms with van der Waals surface area (Å²) in [6.45, 7) is 12.1. The van der Waals surface area contributed by atoms with E-state index in [2.05, 4.69) is 20.4 Å². The minimum absolute atomic E-state index is 0.137. The standard InChI is InChI=1S/C22H26N4O4/c1-21(2,3)15-11-17(25-23-15)29-19(27)13-7-9-14(10-8-13)20(28)30-18-12-16(24-26-18)22(4,5)6/h7-12H,1-6H3,(H,23,25)(H,24,26). The Labute approximate surface area is 175 Å². The molecule has 8 heteroatoms. The Bertz CT molecular complexity index is 965. The average Bonchev–Trinajstić information content (AvgIpc) is 3.31. The summed E-state index contributed by atoms with van der Waals surface area (Å²) in [5, 5.41) is 13.7. The number of carbonyl (C=O) groups excluding carboxylic acids is 2. The molecule has 2 aromatic heterocycles. The van der Waals surface area contributed by atoms with Crippen LogP contribution in [-0.2, 0) is 10.8 Å². The number of benzene rings is 1. The van der Waals surface area contributed by atoms with Crippen molar-refractivity contribution in [1.82, 2.24) is 20.4 Å². The number of nitrogens with zero attached hydrogens (tertiary/aromatic N) is 2. The molecule has 158 valence electrons. The van der Waals surface area contributed by atoms with Gasteiger partial charge in [0.05, 0.1) is 11.1 Å². The van der Waals surface area contributed by atoms with Gasteiger partial charge in [-0.2, -0.15) is 0 Å². The zero-order chi connectivity index (χ0) is 22.1. The molecular formula is C22H26N4O4. The van der Waals surface area contributed by atoms with E-state index in [1.807, 2.05) is 41.5 Å². The molecule has 30 heavy (non-hydrogen) atoms. The molecule has 2 N–H and O–H groups in total. The second-order valence-corrected chi connectivity index (χ2v) is 9.10. The number of hydrogen-bond donors (Lipinski definition) is 2. The summed E-state index contributed by atoms with van der Waals surface area (Å²) < 4.78 is 10.6. The fraction of sp³-hybridized carbons (Fsp3) is 0.364. The molecule has 0 amide bonds. The number of carbonyl (C=O) groups is 2. The first-order valence-electron chi connectivity index (χ1n) is 9.60. The smallest absolute Gasteiger partial charge is 0.344 e. The molecule has 1 aromatic carbocycles. The van der Waals surface area contributed by atoms with Crippen molar-refractivity contribution in [3.05, 3.63) is 58.9 Å². The Morgan fingerprint density at radius 1 is 0.700 bits per heavy atom. The lowest BCUT2D eigenvalue weighted by molar-refractivity contribution is 0.0713. The maximum atomic E-state index is 12.3. The second kappa shape index (κ2) is 7.78. The van der Waals surface area contributed by atoms with Crippen molar-refractivity contribution >= 4 is 11.9 Å². The van der Waals surface area contributed by atoms with Crippen LogP contribution < -0.4 is 9.47 Å². The first-order chi connectivity index (χ1) is 13.9. The van der Waals surface area contributed by atoms with E-state index in [0.29, 0.717) is 11.1 Å². The van der Waals surface area contributed by atoms with Gasteiger partial charge in [-0.3, -0.25) is 10.2 Å². The monoisotopic (exact) mass is 410 g/mol. The van der Waals surface area contributed by atoms with Gasteiger partial charge in [0.25, 0.3) is 0 Å². The van der Waals surface area contributed by atoms with Crippen LogP contribution in [0.25, 0.3) is 0 Å². The van der Waals surface area contributed by atoms with E-state index in [9.17, 15) is 9.59 Å². The first kappa shape index (κ1) is 21.3. The normalized spacial score (nSPS) is 11.9. The van der Waals surface area contributed by atoms with Crippen molar-refractivity contribution in [2.75, 3.05) is 0 Å². The summed E-state index contributed by atoms with van der Waals surface area (Å²) in [4.78, 5) is 24.7. The molecule has 8 nitrogen and oxygen atoms in total. The lowest BCUT2D eigenvalue weighted by atomic mass is 9.93. The number of hydrogen-bond acceptors (Lipinski definition) is 6. The van der Waals surface area contributed by atoms with Gasteiger partial charge in [0.2, 0.25) is 11.8 Å².